The lowest BCUT2D eigenvalue weighted by atomic mass is 10.3. The first-order valence-electron chi connectivity index (χ1n) is 27.1. The Morgan fingerprint density at radius 3 is 0.966 bits per heavy atom. The van der Waals surface area contributed by atoms with Crippen molar-refractivity contribution in [3.63, 3.8) is 0 Å². The van der Waals surface area contributed by atoms with E-state index in [1.54, 1.807) is 0 Å². The third kappa shape index (κ3) is 30.4. The second-order valence-corrected chi connectivity index (χ2v) is 22.1. The Kier molecular flexibility index (Phi) is 33.7. The number of thioether (sulfide) groups is 3. The summed E-state index contributed by atoms with van der Waals surface area (Å²) >= 11 is 3.01. The van der Waals surface area contributed by atoms with Crippen molar-refractivity contribution >= 4 is 130 Å². The maximum atomic E-state index is 13.8. The van der Waals surface area contributed by atoms with E-state index >= 15 is 0 Å². The van der Waals surface area contributed by atoms with Crippen LogP contribution in [0, 0.1) is 0 Å². The maximum absolute atomic E-state index is 13.8. The van der Waals surface area contributed by atoms with Gasteiger partial charge in [-0.1, -0.05) is 0 Å². The number of carboxylic acid groups (broad SMARTS) is 1. The van der Waals surface area contributed by atoms with Gasteiger partial charge in [-0.25, -0.2) is 32.9 Å². The van der Waals surface area contributed by atoms with Crippen LogP contribution in [-0.2, 0) is 96.3 Å². The number of hydrogen-bond donors (Lipinski definition) is 17. The molecule has 0 spiro atoms. The van der Waals surface area contributed by atoms with E-state index in [0.29, 0.717) is 13.7 Å². The van der Waals surface area contributed by atoms with Crippen LogP contribution in [0.3, 0.4) is 0 Å². The van der Waals surface area contributed by atoms with Crippen LogP contribution in [0.5, 0.6) is 0 Å². The van der Waals surface area contributed by atoms with Crippen LogP contribution in [0.15, 0.2) is 14.4 Å². The highest BCUT2D eigenvalue weighted by molar-refractivity contribution is 7.99. The number of rotatable bonds is 1. The molecule has 3 rings (SSSR count). The molecule has 0 aromatic carbocycles. The Labute approximate surface area is 517 Å². The summed E-state index contributed by atoms with van der Waals surface area (Å²) in [6.45, 7) is -9.38. The number of amides is 15. The zero-order valence-corrected chi connectivity index (χ0v) is 50.2. The molecule has 18 N–H and O–H groups in total. The van der Waals surface area contributed by atoms with Crippen LogP contribution in [0.25, 0.3) is 0 Å². The van der Waals surface area contributed by atoms with Crippen molar-refractivity contribution in [3.05, 3.63) is 31.5 Å². The number of nitrogens with two attached hydrogens (primary N) is 1. The third-order valence-electron chi connectivity index (χ3n) is 11.7. The third-order valence-corrected chi connectivity index (χ3v) is 14.9. The lowest BCUT2D eigenvalue weighted by molar-refractivity contribution is -0.141. The Hall–Kier alpha value is -9.06. The number of aromatic nitrogens is 3. The summed E-state index contributed by atoms with van der Waals surface area (Å²) in [5, 5.41) is 43.9. The van der Waals surface area contributed by atoms with E-state index in [1.165, 1.54) is 0 Å². The van der Waals surface area contributed by atoms with E-state index in [-0.39, 0.29) is 73.4 Å². The number of nitrogens with one attached hydrogen (secondary N) is 15. The summed E-state index contributed by atoms with van der Waals surface area (Å²) in [5.74, 6) is -14.2. The number of hydrogen-bond acceptors (Lipinski definition) is 23. The van der Waals surface area contributed by atoms with Gasteiger partial charge in [0.2, 0.25) is 88.6 Å². The summed E-state index contributed by atoms with van der Waals surface area (Å²) in [5.41, 5.74) is 2.52. The molecule has 0 saturated carbocycles. The Morgan fingerprint density at radius 1 is 0.348 bits per heavy atom. The molecule has 39 nitrogen and oxygen atoms in total. The first-order chi connectivity index (χ1) is 42.3. The fourth-order valence-corrected chi connectivity index (χ4v) is 9.82. The van der Waals surface area contributed by atoms with Crippen molar-refractivity contribution in [2.75, 3.05) is 120 Å². The van der Waals surface area contributed by atoms with Gasteiger partial charge in [-0.05, 0) is 0 Å². The molecule has 2 aliphatic rings. The lowest BCUT2D eigenvalue weighted by Crippen LogP contribution is -2.56. The number of carbonyl (C=O) groups is 16. The van der Waals surface area contributed by atoms with E-state index in [2.05, 4.69) is 79.8 Å². The van der Waals surface area contributed by atoms with Crippen LogP contribution < -0.4 is 103 Å². The van der Waals surface area contributed by atoms with Gasteiger partial charge in [0, 0.05) is 93.0 Å². The average Bonchev–Trinajstić information content (AvgIpc) is 3.24. The molecule has 4 bridgehead atoms. The molecule has 15 amide bonds. The summed E-state index contributed by atoms with van der Waals surface area (Å²) in [6.07, 6.45) is -0.610. The standard InChI is InChI=1S/C47H71N19O20S3/c48-26-23-87-10-1-29(67)49-4-7-64-45(84)65-8-5-50-30(68)2-11-88-24-27(62-40(78)21-58-36(74)17-54-32(70)13-52-34(72)15-56-38(76)19-60-42(26)80)43(81)61-20-39(77)57-16-35(73)53-14-33(71)55-18-37(75)59-22-41(79)63-28(44(82)83)25-89-12-3-31(69)51-6-9-66(46(64)85)47(65)86/h26-28H,1-25,48H2,(H,49,67)(H,50,68)(H,51,69)(H,52,72)(H,53,73)(H,54,70)(H,55,71)(H,56,76)(H,57,77)(H,58,74)(H,59,75)(H,60,80)(H,61,81)(H,62,78)(H,63,79)(H,82,83)/t26-,27-,28-/m0/s1. The molecule has 0 saturated heterocycles. The van der Waals surface area contributed by atoms with E-state index in [1.807, 2.05) is 0 Å². The normalized spacial score (nSPS) is 21.9. The number of nitrogens with zero attached hydrogens (tertiary/aromatic N) is 3. The quantitative estimate of drug-likeness (QED) is 0.124. The van der Waals surface area contributed by atoms with Crippen molar-refractivity contribution < 1.29 is 81.8 Å². The highest BCUT2D eigenvalue weighted by atomic mass is 32.2. The second-order valence-electron chi connectivity index (χ2n) is 18.7. The predicted octanol–water partition coefficient (Wildman–Crippen LogP) is -13.5. The first kappa shape index (κ1) is 74.2. The highest BCUT2D eigenvalue weighted by Crippen LogP contribution is 2.08. The largest absolute Gasteiger partial charge is 0.480 e. The minimum absolute atomic E-state index is 0.00363. The molecule has 89 heavy (non-hydrogen) atoms. The minimum atomic E-state index is -1.48. The van der Waals surface area contributed by atoms with Gasteiger partial charge < -0.3 is 90.6 Å². The van der Waals surface area contributed by atoms with Gasteiger partial charge in [0.15, 0.2) is 0 Å². The summed E-state index contributed by atoms with van der Waals surface area (Å²) < 4.78 is 1.92. The van der Waals surface area contributed by atoms with Crippen molar-refractivity contribution in [2.24, 2.45) is 5.73 Å². The molecule has 1 aromatic rings. The molecule has 3 atom stereocenters. The molecule has 42 heteroatoms. The Morgan fingerprint density at radius 2 is 0.629 bits per heavy atom. The Balaban J connectivity index is 1.88. The van der Waals surface area contributed by atoms with Crippen molar-refractivity contribution in [1.82, 2.24) is 93.5 Å². The second kappa shape index (κ2) is 40.4. The molecule has 0 radical (unpaired) electrons. The molecule has 0 unspecified atom stereocenters. The van der Waals surface area contributed by atoms with Crippen molar-refractivity contribution in [2.45, 2.75) is 57.0 Å². The minimum Gasteiger partial charge on any atom is -0.480 e. The molecule has 492 valence electrons. The molecule has 0 aliphatic carbocycles. The molecule has 3 heterocycles. The fourth-order valence-electron chi connectivity index (χ4n) is 6.99. The SMILES string of the molecule is N[C@H]1CSCCC(=O)NCCn2c(=O)n3c(=O)n(c2=O)CCNC(=O)CCSC[C@H](NC(=O)CNC(=O)CNC(=O)CNC(=O)CNC(=O)CNC1=O)C(=O)NCC(=O)NCC(=O)NCC(=O)NCC(=O)NCC(=O)N[C@H](C(=O)O)CSCCC(=O)NCC3. The highest BCUT2D eigenvalue weighted by Gasteiger charge is 2.25. The van der Waals surface area contributed by atoms with Gasteiger partial charge in [0.05, 0.1) is 71.5 Å². The summed E-state index contributed by atoms with van der Waals surface area (Å²) in [7, 11) is 0. The van der Waals surface area contributed by atoms with E-state index in [0.717, 1.165) is 35.3 Å². The van der Waals surface area contributed by atoms with Crippen LogP contribution in [-0.4, -0.2) is 251 Å². The fraction of sp³-hybridized carbons (Fsp3) is 0.596. The van der Waals surface area contributed by atoms with Crippen molar-refractivity contribution in [3.8, 4) is 0 Å². The monoisotopic (exact) mass is 1320 g/mol. The topological polar surface area (TPSA) is 566 Å². The lowest BCUT2D eigenvalue weighted by Gasteiger charge is -2.18. The van der Waals surface area contributed by atoms with Gasteiger partial charge in [0.25, 0.3) is 0 Å². The van der Waals surface area contributed by atoms with Gasteiger partial charge in [0.1, 0.15) is 12.1 Å². The summed E-state index contributed by atoms with van der Waals surface area (Å²) in [4.78, 5) is 242. The molecule has 0 fully saturated rings. The Bertz CT molecular complexity index is 2980. The number of carboxylic acids is 1. The van der Waals surface area contributed by atoms with Gasteiger partial charge in [-0.3, -0.25) is 71.9 Å². The first-order valence-corrected chi connectivity index (χ1v) is 30.5. The molecule has 1 aromatic heterocycles. The molecular weight excluding hydrogens is 1250 g/mol. The maximum Gasteiger partial charge on any atom is 0.336 e. The summed E-state index contributed by atoms with van der Waals surface area (Å²) in [6, 6.07) is -4.08. The van der Waals surface area contributed by atoms with Gasteiger partial charge >= 0.3 is 23.0 Å². The van der Waals surface area contributed by atoms with E-state index < -0.39 is 215 Å². The zero-order chi connectivity index (χ0) is 65.8. The van der Waals surface area contributed by atoms with Gasteiger partial charge in [-0.2, -0.15) is 35.3 Å². The van der Waals surface area contributed by atoms with Crippen LogP contribution in [0.1, 0.15) is 19.3 Å². The van der Waals surface area contributed by atoms with Crippen LogP contribution >= 0.6 is 35.3 Å². The van der Waals surface area contributed by atoms with E-state index in [4.69, 9.17) is 5.73 Å². The average molecular weight is 1320 g/mol. The zero-order valence-electron chi connectivity index (χ0n) is 47.8. The van der Waals surface area contributed by atoms with Crippen LogP contribution in [0.4, 0.5) is 0 Å². The smallest absolute Gasteiger partial charge is 0.336 e. The molecule has 2 aliphatic heterocycles. The predicted molar refractivity (Wildman–Crippen MR) is 314 cm³/mol. The van der Waals surface area contributed by atoms with Gasteiger partial charge in [-0.15, -0.1) is 0 Å². The number of carbonyl (C=O) groups excluding carboxylic acids is 15. The number of fused-ring (bicyclic) bond motifs is 10. The van der Waals surface area contributed by atoms with E-state index in [9.17, 15) is 96.2 Å². The number of aliphatic carboxylic acids is 1. The molecular formula is C47H71N19O20S3. The van der Waals surface area contributed by atoms with Crippen molar-refractivity contribution in [1.29, 1.82) is 0 Å². The van der Waals surface area contributed by atoms with Crippen LogP contribution in [0.2, 0.25) is 0 Å².